The fraction of sp³-hybridized carbons (Fsp3) is 0.444. The quantitative estimate of drug-likeness (QED) is 0.690. The number of hydrogen-bond acceptors (Lipinski definition) is 7. The van der Waals surface area contributed by atoms with E-state index in [4.69, 9.17) is 9.47 Å². The first-order valence-electron chi connectivity index (χ1n) is 8.92. The first kappa shape index (κ1) is 15.5. The zero-order valence-electron chi connectivity index (χ0n) is 14.4. The van der Waals surface area contributed by atoms with Gasteiger partial charge in [0.2, 0.25) is 5.88 Å². The molecule has 0 saturated carbocycles. The molecule has 2 aliphatic rings. The Labute approximate surface area is 150 Å². The van der Waals surface area contributed by atoms with Crippen molar-refractivity contribution in [3.05, 3.63) is 42.9 Å². The number of hydrogen-bond donors (Lipinski definition) is 0. The Morgan fingerprint density at radius 2 is 2.19 bits per heavy atom. The molecule has 5 rings (SSSR count). The normalized spacial score (nSPS) is 21.2. The molecular weight excluding hydrogens is 332 g/mol. The average molecular weight is 352 g/mol. The van der Waals surface area contributed by atoms with Crippen molar-refractivity contribution in [3.8, 4) is 5.88 Å². The van der Waals surface area contributed by atoms with Gasteiger partial charge in [0.05, 0.1) is 19.7 Å². The molecule has 2 aliphatic heterocycles. The zero-order chi connectivity index (χ0) is 17.4. The molecule has 134 valence electrons. The van der Waals surface area contributed by atoms with E-state index < -0.39 is 0 Å². The number of pyridine rings is 1. The predicted octanol–water partition coefficient (Wildman–Crippen LogP) is 1.58. The third-order valence-electron chi connectivity index (χ3n) is 5.34. The van der Waals surface area contributed by atoms with Crippen LogP contribution in [-0.2, 0) is 4.74 Å². The molecule has 0 bridgehead atoms. The van der Waals surface area contributed by atoms with Crippen LogP contribution < -0.4 is 9.64 Å². The molecule has 26 heavy (non-hydrogen) atoms. The summed E-state index contributed by atoms with van der Waals surface area (Å²) in [4.78, 5) is 6.45. The minimum atomic E-state index is -0.0721. The van der Waals surface area contributed by atoms with Gasteiger partial charge in [0, 0.05) is 18.9 Å². The SMILES string of the molecule is c1ccc(OCCC2CCOC23CN(c2ccc4nncn4n2)C3)nc1. The first-order valence-corrected chi connectivity index (χ1v) is 8.92. The van der Waals surface area contributed by atoms with E-state index in [1.165, 1.54) is 0 Å². The van der Waals surface area contributed by atoms with Gasteiger partial charge in [0.25, 0.3) is 0 Å². The average Bonchev–Trinajstić information content (AvgIpc) is 3.27. The summed E-state index contributed by atoms with van der Waals surface area (Å²) in [5, 5.41) is 12.4. The summed E-state index contributed by atoms with van der Waals surface area (Å²) in [7, 11) is 0. The molecule has 8 heteroatoms. The Bertz CT molecular complexity index is 893. The van der Waals surface area contributed by atoms with Crippen LogP contribution in [0.1, 0.15) is 12.8 Å². The van der Waals surface area contributed by atoms with Gasteiger partial charge in [-0.25, -0.2) is 4.98 Å². The molecule has 0 radical (unpaired) electrons. The van der Waals surface area contributed by atoms with Crippen LogP contribution in [-0.4, -0.2) is 56.7 Å². The lowest BCUT2D eigenvalue weighted by molar-refractivity contribution is -0.0479. The molecule has 0 N–H and O–H groups in total. The monoisotopic (exact) mass is 352 g/mol. The summed E-state index contributed by atoms with van der Waals surface area (Å²) in [5.41, 5.74) is 0.683. The summed E-state index contributed by atoms with van der Waals surface area (Å²) in [6, 6.07) is 9.64. The van der Waals surface area contributed by atoms with Crippen molar-refractivity contribution in [3.63, 3.8) is 0 Å². The van der Waals surface area contributed by atoms with Crippen molar-refractivity contribution in [1.29, 1.82) is 0 Å². The molecule has 0 aliphatic carbocycles. The van der Waals surface area contributed by atoms with Crippen LogP contribution in [0.25, 0.3) is 5.65 Å². The van der Waals surface area contributed by atoms with Gasteiger partial charge in [-0.2, -0.15) is 4.52 Å². The molecule has 0 amide bonds. The van der Waals surface area contributed by atoms with E-state index in [1.807, 2.05) is 30.3 Å². The van der Waals surface area contributed by atoms with Crippen LogP contribution in [0.2, 0.25) is 0 Å². The molecule has 1 unspecified atom stereocenters. The minimum absolute atomic E-state index is 0.0721. The highest BCUT2D eigenvalue weighted by atomic mass is 16.5. The van der Waals surface area contributed by atoms with Crippen LogP contribution >= 0.6 is 0 Å². The topological polar surface area (TPSA) is 77.7 Å². The van der Waals surface area contributed by atoms with E-state index in [9.17, 15) is 0 Å². The summed E-state index contributed by atoms with van der Waals surface area (Å²) in [6.07, 6.45) is 5.43. The Morgan fingerprint density at radius 3 is 3.08 bits per heavy atom. The Balaban J connectivity index is 1.21. The largest absolute Gasteiger partial charge is 0.478 e. The van der Waals surface area contributed by atoms with E-state index in [0.717, 1.165) is 44.0 Å². The van der Waals surface area contributed by atoms with Crippen LogP contribution in [0.15, 0.2) is 42.9 Å². The van der Waals surface area contributed by atoms with Crippen molar-refractivity contribution in [1.82, 2.24) is 24.8 Å². The Hall–Kier alpha value is -2.74. The molecule has 8 nitrogen and oxygen atoms in total. The van der Waals surface area contributed by atoms with Crippen molar-refractivity contribution in [2.45, 2.75) is 18.4 Å². The molecule has 2 saturated heterocycles. The minimum Gasteiger partial charge on any atom is -0.478 e. The van der Waals surface area contributed by atoms with Gasteiger partial charge < -0.3 is 14.4 Å². The van der Waals surface area contributed by atoms with Gasteiger partial charge in [0.1, 0.15) is 17.7 Å². The second-order valence-corrected chi connectivity index (χ2v) is 6.89. The maximum absolute atomic E-state index is 6.14. The standard InChI is InChI=1S/C18H20N6O2/c1-2-8-19-17(3-1)25-9-6-14-7-10-26-18(14)11-23(12-18)16-5-4-15-21-20-13-24(15)22-16/h1-5,8,13-14H,6-7,9-12H2. The van der Waals surface area contributed by atoms with Gasteiger partial charge >= 0.3 is 0 Å². The highest BCUT2D eigenvalue weighted by Crippen LogP contribution is 2.42. The molecule has 5 heterocycles. The molecule has 2 fully saturated rings. The highest BCUT2D eigenvalue weighted by Gasteiger charge is 2.53. The second-order valence-electron chi connectivity index (χ2n) is 6.89. The van der Waals surface area contributed by atoms with Crippen LogP contribution in [0.3, 0.4) is 0 Å². The number of anilines is 1. The van der Waals surface area contributed by atoms with Crippen LogP contribution in [0.5, 0.6) is 5.88 Å². The van der Waals surface area contributed by atoms with Crippen LogP contribution in [0, 0.1) is 5.92 Å². The summed E-state index contributed by atoms with van der Waals surface area (Å²) in [6.45, 7) is 3.21. The highest BCUT2D eigenvalue weighted by molar-refractivity contribution is 5.48. The number of nitrogens with zero attached hydrogens (tertiary/aromatic N) is 6. The summed E-state index contributed by atoms with van der Waals surface area (Å²) >= 11 is 0. The molecule has 3 aromatic heterocycles. The maximum atomic E-state index is 6.14. The smallest absolute Gasteiger partial charge is 0.213 e. The lowest BCUT2D eigenvalue weighted by Gasteiger charge is -2.50. The lowest BCUT2D eigenvalue weighted by atomic mass is 9.79. The molecule has 0 aromatic carbocycles. The Morgan fingerprint density at radius 1 is 1.23 bits per heavy atom. The van der Waals surface area contributed by atoms with E-state index in [-0.39, 0.29) is 5.60 Å². The van der Waals surface area contributed by atoms with E-state index >= 15 is 0 Å². The number of aromatic nitrogens is 5. The van der Waals surface area contributed by atoms with Gasteiger partial charge in [0.15, 0.2) is 5.65 Å². The molecule has 1 atom stereocenters. The molecule has 3 aromatic rings. The van der Waals surface area contributed by atoms with Crippen molar-refractivity contribution in [2.75, 3.05) is 31.2 Å². The van der Waals surface area contributed by atoms with Gasteiger partial charge in [-0.05, 0) is 37.0 Å². The van der Waals surface area contributed by atoms with Crippen LogP contribution in [0.4, 0.5) is 5.82 Å². The third kappa shape index (κ3) is 2.66. The van der Waals surface area contributed by atoms with E-state index in [1.54, 1.807) is 17.0 Å². The third-order valence-corrected chi connectivity index (χ3v) is 5.34. The molecular formula is C18H20N6O2. The molecule has 1 spiro atoms. The van der Waals surface area contributed by atoms with E-state index in [0.29, 0.717) is 18.4 Å². The summed E-state index contributed by atoms with van der Waals surface area (Å²) in [5.74, 6) is 2.12. The number of rotatable bonds is 5. The predicted molar refractivity (Wildman–Crippen MR) is 94.1 cm³/mol. The van der Waals surface area contributed by atoms with Gasteiger partial charge in [-0.15, -0.1) is 15.3 Å². The van der Waals surface area contributed by atoms with Crippen molar-refractivity contribution < 1.29 is 9.47 Å². The maximum Gasteiger partial charge on any atom is 0.213 e. The first-order chi connectivity index (χ1) is 12.8. The summed E-state index contributed by atoms with van der Waals surface area (Å²) < 4.78 is 13.6. The Kier molecular flexibility index (Phi) is 3.70. The van der Waals surface area contributed by atoms with Crippen molar-refractivity contribution in [2.24, 2.45) is 5.92 Å². The fourth-order valence-electron chi connectivity index (χ4n) is 3.93. The van der Waals surface area contributed by atoms with Crippen molar-refractivity contribution >= 4 is 11.5 Å². The lowest BCUT2D eigenvalue weighted by Crippen LogP contribution is -2.65. The fourth-order valence-corrected chi connectivity index (χ4v) is 3.93. The number of ether oxygens (including phenoxy) is 2. The van der Waals surface area contributed by atoms with E-state index in [2.05, 4.69) is 25.2 Å². The van der Waals surface area contributed by atoms with Gasteiger partial charge in [-0.3, -0.25) is 0 Å². The second kappa shape index (κ2) is 6.21. The number of fused-ring (bicyclic) bond motifs is 1. The van der Waals surface area contributed by atoms with Gasteiger partial charge in [-0.1, -0.05) is 6.07 Å². The zero-order valence-corrected chi connectivity index (χ0v) is 14.4.